The molecule has 2 aliphatic carbocycles. The first-order valence-electron chi connectivity index (χ1n) is 14.9. The van der Waals surface area contributed by atoms with Crippen LogP contribution in [0.5, 0.6) is 5.75 Å². The fourth-order valence-corrected chi connectivity index (χ4v) is 11.3. The van der Waals surface area contributed by atoms with Gasteiger partial charge in [0.15, 0.2) is 6.61 Å². The highest BCUT2D eigenvalue weighted by molar-refractivity contribution is 8.00. The lowest BCUT2D eigenvalue weighted by Crippen LogP contribution is -2.43. The van der Waals surface area contributed by atoms with E-state index in [1.54, 1.807) is 28.8 Å². The molecule has 2 bridgehead atoms. The Morgan fingerprint density at radius 2 is 1.77 bits per heavy atom. The van der Waals surface area contributed by atoms with Crippen LogP contribution < -0.4 is 14.5 Å². The molecule has 228 valence electrons. The number of nitrogens with zero attached hydrogens (tertiary/aromatic N) is 2. The predicted molar refractivity (Wildman–Crippen MR) is 167 cm³/mol. The largest absolute Gasteiger partial charge is 0.483 e. The maximum Gasteiger partial charge on any atom is 0.305 e. The third-order valence-electron chi connectivity index (χ3n) is 10.0. The Balaban J connectivity index is 1.16. The number of imide groups is 1. The van der Waals surface area contributed by atoms with Crippen LogP contribution in [0, 0.1) is 36.5 Å². The molecule has 4 fully saturated rings. The van der Waals surface area contributed by atoms with Crippen molar-refractivity contribution in [2.75, 3.05) is 37.8 Å². The van der Waals surface area contributed by atoms with Gasteiger partial charge >= 0.3 is 4.87 Å². The molecule has 12 heteroatoms. The summed E-state index contributed by atoms with van der Waals surface area (Å²) in [4.78, 5) is 60.5. The van der Waals surface area contributed by atoms with Crippen molar-refractivity contribution in [2.24, 2.45) is 29.6 Å². The Morgan fingerprint density at radius 3 is 2.52 bits per heavy atom. The van der Waals surface area contributed by atoms with E-state index in [2.05, 4.69) is 4.98 Å². The minimum atomic E-state index is -0.415. The molecule has 7 atom stereocenters. The van der Waals surface area contributed by atoms with Gasteiger partial charge in [-0.1, -0.05) is 40.6 Å². The second kappa shape index (κ2) is 10.8. The van der Waals surface area contributed by atoms with Crippen LogP contribution in [0.1, 0.15) is 28.3 Å². The Morgan fingerprint density at radius 1 is 1.05 bits per heavy atom. The number of aromatic amines is 1. The van der Waals surface area contributed by atoms with Crippen molar-refractivity contribution in [1.29, 1.82) is 0 Å². The Kier molecular flexibility index (Phi) is 6.93. The molecule has 3 aliphatic heterocycles. The van der Waals surface area contributed by atoms with E-state index < -0.39 is 5.92 Å². The van der Waals surface area contributed by atoms with Crippen molar-refractivity contribution in [3.63, 3.8) is 0 Å². The zero-order chi connectivity index (χ0) is 30.3. The first-order chi connectivity index (χ1) is 21.3. The van der Waals surface area contributed by atoms with E-state index in [1.165, 1.54) is 16.2 Å². The molecule has 2 saturated heterocycles. The molecule has 9 nitrogen and oxygen atoms in total. The standard InChI is InChI=1S/C32H30ClN3O6S2/c1-15-2-5-17(6-3-15)36-30(38)25-19-13-20(26(25)31(36)39)27-24(19)23(28-29(43-27)34-32(40)44-28)18-12-16(33)4-7-21(18)42-14-22(37)35-8-10-41-11-9-35/h2-7,12,19-20,23-27H,8-11,13-14H2,1H3,(H,34,40)/t19-,20-,23+,24-,25+,26+,27-/m1/s1. The summed E-state index contributed by atoms with van der Waals surface area (Å²) in [7, 11) is 0. The molecule has 2 aromatic carbocycles. The number of halogens is 1. The van der Waals surface area contributed by atoms with Crippen molar-refractivity contribution in [2.45, 2.75) is 29.5 Å². The van der Waals surface area contributed by atoms with Gasteiger partial charge in [0, 0.05) is 39.7 Å². The third kappa shape index (κ3) is 4.38. The van der Waals surface area contributed by atoms with Gasteiger partial charge in [-0.2, -0.15) is 0 Å². The van der Waals surface area contributed by atoms with Crippen LogP contribution in [-0.2, 0) is 19.1 Å². The number of hydrogen-bond acceptors (Lipinski definition) is 8. The molecule has 0 spiro atoms. The molecule has 3 amide bonds. The predicted octanol–water partition coefficient (Wildman–Crippen LogP) is 4.31. The molecule has 5 aliphatic rings. The quantitative estimate of drug-likeness (QED) is 0.410. The summed E-state index contributed by atoms with van der Waals surface area (Å²) in [6.45, 7) is 3.90. The number of nitrogens with one attached hydrogen (secondary N) is 1. The number of carbonyl (C=O) groups excluding carboxylic acids is 3. The maximum atomic E-state index is 14.0. The molecule has 0 radical (unpaired) electrons. The highest BCUT2D eigenvalue weighted by atomic mass is 35.5. The third-order valence-corrected chi connectivity index (χ3v) is 12.9. The second-order valence-corrected chi connectivity index (χ2v) is 14.9. The summed E-state index contributed by atoms with van der Waals surface area (Å²) in [5, 5.41) is 1.35. The topological polar surface area (TPSA) is 109 Å². The first-order valence-corrected chi connectivity index (χ1v) is 17.0. The lowest BCUT2D eigenvalue weighted by Gasteiger charge is -2.43. The summed E-state index contributed by atoms with van der Waals surface area (Å²) in [5.74, 6) is -0.979. The normalized spacial score (nSPS) is 30.4. The first kappa shape index (κ1) is 28.4. The number of morpholine rings is 1. The van der Waals surface area contributed by atoms with Gasteiger partial charge in [0.2, 0.25) is 11.8 Å². The number of thiazole rings is 1. The minimum Gasteiger partial charge on any atom is -0.483 e. The van der Waals surface area contributed by atoms with E-state index in [1.807, 2.05) is 37.3 Å². The number of hydrogen-bond donors (Lipinski definition) is 1. The number of fused-ring (bicyclic) bond motifs is 9. The number of benzene rings is 2. The fraction of sp³-hybridized carbons (Fsp3) is 0.438. The van der Waals surface area contributed by atoms with Crippen LogP contribution in [0.3, 0.4) is 0 Å². The Bertz CT molecular complexity index is 1730. The van der Waals surface area contributed by atoms with E-state index in [0.29, 0.717) is 42.8 Å². The number of aryl methyl sites for hydroxylation is 1. The van der Waals surface area contributed by atoms with E-state index in [9.17, 15) is 19.2 Å². The molecular weight excluding hydrogens is 622 g/mol. The van der Waals surface area contributed by atoms with Crippen molar-refractivity contribution in [3.05, 3.63) is 73.2 Å². The van der Waals surface area contributed by atoms with E-state index >= 15 is 0 Å². The van der Waals surface area contributed by atoms with Gasteiger partial charge in [0.25, 0.3) is 5.91 Å². The van der Waals surface area contributed by atoms with E-state index in [-0.39, 0.29) is 64.0 Å². The average molecular weight is 652 g/mol. The lowest BCUT2D eigenvalue weighted by atomic mass is 9.68. The number of aromatic nitrogens is 1. The summed E-state index contributed by atoms with van der Waals surface area (Å²) >= 11 is 9.39. The molecule has 44 heavy (non-hydrogen) atoms. The van der Waals surface area contributed by atoms with Crippen LogP contribution in [0.15, 0.2) is 52.3 Å². The molecule has 1 N–H and O–H groups in total. The fourth-order valence-electron chi connectivity index (χ4n) is 8.25. The van der Waals surface area contributed by atoms with Gasteiger partial charge in [0.1, 0.15) is 5.75 Å². The molecular formula is C32H30ClN3O6S2. The van der Waals surface area contributed by atoms with Gasteiger partial charge in [-0.3, -0.25) is 24.1 Å². The number of H-pyrrole nitrogens is 1. The van der Waals surface area contributed by atoms with Crippen molar-refractivity contribution in [1.82, 2.24) is 9.88 Å². The van der Waals surface area contributed by atoms with Crippen molar-refractivity contribution >= 4 is 58.1 Å². The minimum absolute atomic E-state index is 0.00241. The highest BCUT2D eigenvalue weighted by Crippen LogP contribution is 2.69. The highest BCUT2D eigenvalue weighted by Gasteiger charge is 2.69. The SMILES string of the molecule is Cc1ccc(N2C(=O)[C@H]3[C@H]4C[C@@H]([C@@H]3C2=O)[C@@H]2[C@H](c3cc(Cl)ccc3OCC(=O)N3CCOCC3)c3sc(=O)[nH]c3S[C@H]42)cc1. The smallest absolute Gasteiger partial charge is 0.305 e. The molecule has 2 saturated carbocycles. The lowest BCUT2D eigenvalue weighted by molar-refractivity contribution is -0.137. The van der Waals surface area contributed by atoms with Crippen LogP contribution in [0.25, 0.3) is 0 Å². The van der Waals surface area contributed by atoms with Crippen LogP contribution in [0.4, 0.5) is 5.69 Å². The van der Waals surface area contributed by atoms with Crippen LogP contribution in [-0.4, -0.2) is 65.8 Å². The van der Waals surface area contributed by atoms with E-state index in [0.717, 1.165) is 27.5 Å². The number of rotatable bonds is 5. The van der Waals surface area contributed by atoms with Gasteiger partial charge in [0.05, 0.1) is 35.8 Å². The van der Waals surface area contributed by atoms with Crippen molar-refractivity contribution in [3.8, 4) is 5.75 Å². The van der Waals surface area contributed by atoms with Crippen molar-refractivity contribution < 1.29 is 23.9 Å². The molecule has 0 unspecified atom stereocenters. The Labute approximate surface area is 266 Å². The van der Waals surface area contributed by atoms with Crippen LogP contribution >= 0.6 is 34.7 Å². The van der Waals surface area contributed by atoms with E-state index in [4.69, 9.17) is 21.1 Å². The summed E-state index contributed by atoms with van der Waals surface area (Å²) in [5.41, 5.74) is 2.48. The number of amides is 3. The zero-order valence-corrected chi connectivity index (χ0v) is 26.3. The van der Waals surface area contributed by atoms with Gasteiger partial charge in [-0.25, -0.2) is 0 Å². The second-order valence-electron chi connectivity index (χ2n) is 12.3. The average Bonchev–Trinajstić information content (AvgIpc) is 3.76. The molecule has 4 heterocycles. The molecule has 3 aromatic rings. The van der Waals surface area contributed by atoms with Gasteiger partial charge in [-0.05, 0) is 61.4 Å². The summed E-state index contributed by atoms with van der Waals surface area (Å²) in [6, 6.07) is 12.9. The molecule has 8 rings (SSSR count). The van der Waals surface area contributed by atoms with Crippen LogP contribution in [0.2, 0.25) is 5.02 Å². The van der Waals surface area contributed by atoms with Gasteiger partial charge in [-0.15, -0.1) is 11.8 Å². The number of thioether (sulfide) groups is 1. The summed E-state index contributed by atoms with van der Waals surface area (Å²) in [6.07, 6.45) is 0.777. The number of anilines is 1. The van der Waals surface area contributed by atoms with Gasteiger partial charge < -0.3 is 19.4 Å². The zero-order valence-electron chi connectivity index (χ0n) is 23.9. The summed E-state index contributed by atoms with van der Waals surface area (Å²) < 4.78 is 11.6. The molecule has 1 aromatic heterocycles. The Hall–Kier alpha value is -3.12. The number of ether oxygens (including phenoxy) is 2. The monoisotopic (exact) mass is 651 g/mol. The number of carbonyl (C=O) groups is 3. The maximum absolute atomic E-state index is 14.0.